The van der Waals surface area contributed by atoms with Crippen LogP contribution in [0.3, 0.4) is 0 Å². The molecule has 56 valence electrons. The van der Waals surface area contributed by atoms with E-state index in [0.717, 1.165) is 25.2 Å². The lowest BCUT2D eigenvalue weighted by Crippen LogP contribution is -2.41. The molecule has 1 aliphatic rings. The van der Waals surface area contributed by atoms with E-state index in [1.54, 1.807) is 0 Å². The van der Waals surface area contributed by atoms with E-state index in [1.807, 2.05) is 6.92 Å². The summed E-state index contributed by atoms with van der Waals surface area (Å²) < 4.78 is 0. The van der Waals surface area contributed by atoms with Crippen LogP contribution < -0.4 is 10.7 Å². The maximum absolute atomic E-state index is 5.56. The predicted molar refractivity (Wildman–Crippen MR) is 42.4 cm³/mol. The van der Waals surface area contributed by atoms with Gasteiger partial charge in [-0.05, 0) is 6.72 Å². The lowest BCUT2D eigenvalue weighted by Gasteiger charge is -2.05. The molecule has 10 heavy (non-hydrogen) atoms. The van der Waals surface area contributed by atoms with Gasteiger partial charge in [0.2, 0.25) is 0 Å². The summed E-state index contributed by atoms with van der Waals surface area (Å²) in [5.74, 6) is 0. The minimum absolute atomic E-state index is 0.181. The Morgan fingerprint density at radius 2 is 2.50 bits per heavy atom. The summed E-state index contributed by atoms with van der Waals surface area (Å²) in [4.78, 5) is 3.84. The van der Waals surface area contributed by atoms with Crippen molar-refractivity contribution in [2.75, 3.05) is 13.1 Å². The second-order valence-electron chi connectivity index (χ2n) is 3.04. The van der Waals surface area contributed by atoms with Gasteiger partial charge in [-0.3, -0.25) is 10.4 Å². The standard InChI is InChI=1S/C7H13N3/c1-6(8)3-7(4-9-2)5-10-7/h8,10H,2-5H2,1H3/p+1. The van der Waals surface area contributed by atoms with Crippen LogP contribution in [0.4, 0.5) is 0 Å². The molecule has 0 aromatic carbocycles. The number of aliphatic imine (C=N–C) groups is 1. The Morgan fingerprint density at radius 1 is 1.90 bits per heavy atom. The van der Waals surface area contributed by atoms with E-state index in [-0.39, 0.29) is 5.54 Å². The van der Waals surface area contributed by atoms with Crippen molar-refractivity contribution < 1.29 is 5.41 Å². The fourth-order valence-corrected chi connectivity index (χ4v) is 1.17. The van der Waals surface area contributed by atoms with Gasteiger partial charge in [0.25, 0.3) is 0 Å². The number of rotatable bonds is 4. The molecule has 1 unspecified atom stereocenters. The van der Waals surface area contributed by atoms with Gasteiger partial charge in [-0.25, -0.2) is 0 Å². The molecule has 1 rings (SSSR count). The number of nitrogens with one attached hydrogen (secondary N) is 1. The first-order chi connectivity index (χ1) is 4.68. The fourth-order valence-electron chi connectivity index (χ4n) is 1.17. The summed E-state index contributed by atoms with van der Waals surface area (Å²) in [6, 6.07) is 0. The fraction of sp³-hybridized carbons (Fsp3) is 0.714. The molecule has 0 aromatic rings. The van der Waals surface area contributed by atoms with Crippen LogP contribution in [0.5, 0.6) is 0 Å². The van der Waals surface area contributed by atoms with E-state index in [1.165, 1.54) is 0 Å². The smallest absolute Gasteiger partial charge is 0.147 e. The van der Waals surface area contributed by atoms with Gasteiger partial charge in [0, 0.05) is 19.9 Å². The first kappa shape index (κ1) is 7.41. The second-order valence-corrected chi connectivity index (χ2v) is 3.04. The third-order valence-corrected chi connectivity index (χ3v) is 1.71. The van der Waals surface area contributed by atoms with Crippen molar-refractivity contribution in [2.24, 2.45) is 4.99 Å². The summed E-state index contributed by atoms with van der Waals surface area (Å²) in [7, 11) is 0. The van der Waals surface area contributed by atoms with Crippen molar-refractivity contribution in [3.63, 3.8) is 0 Å². The minimum Gasteiger partial charge on any atom is -0.306 e. The molecule has 1 aliphatic heterocycles. The molecule has 1 saturated heterocycles. The van der Waals surface area contributed by atoms with Gasteiger partial charge in [0.15, 0.2) is 0 Å². The zero-order chi connectivity index (χ0) is 7.61. The summed E-state index contributed by atoms with van der Waals surface area (Å²) in [5.41, 5.74) is 1.15. The number of nitrogens with zero attached hydrogens (tertiary/aromatic N) is 1. The Morgan fingerprint density at radius 3 is 2.80 bits per heavy atom. The third kappa shape index (κ3) is 1.64. The quantitative estimate of drug-likeness (QED) is 0.368. The van der Waals surface area contributed by atoms with E-state index in [9.17, 15) is 0 Å². The van der Waals surface area contributed by atoms with Crippen LogP contribution in [0.25, 0.3) is 0 Å². The van der Waals surface area contributed by atoms with Gasteiger partial charge in [0.1, 0.15) is 5.71 Å². The monoisotopic (exact) mass is 140 g/mol. The van der Waals surface area contributed by atoms with Crippen LogP contribution in [-0.2, 0) is 0 Å². The molecular weight excluding hydrogens is 126 g/mol. The molecule has 0 spiro atoms. The highest BCUT2D eigenvalue weighted by atomic mass is 15.2. The molecule has 0 saturated carbocycles. The Kier molecular flexibility index (Phi) is 1.85. The lowest BCUT2D eigenvalue weighted by atomic mass is 10.0. The Labute approximate surface area is 61.1 Å². The Bertz CT molecular complexity index is 158. The highest BCUT2D eigenvalue weighted by Gasteiger charge is 2.42. The maximum Gasteiger partial charge on any atom is 0.147 e. The molecule has 3 N–H and O–H groups in total. The van der Waals surface area contributed by atoms with Gasteiger partial charge in [-0.1, -0.05) is 0 Å². The molecule has 3 heteroatoms. The van der Waals surface area contributed by atoms with Crippen molar-refractivity contribution in [3.05, 3.63) is 0 Å². The topological polar surface area (TPSA) is 59.9 Å². The zero-order valence-electron chi connectivity index (χ0n) is 6.35. The summed E-state index contributed by atoms with van der Waals surface area (Å²) in [6.07, 6.45) is 0.923. The summed E-state index contributed by atoms with van der Waals surface area (Å²) in [5, 5.41) is 8.81. The van der Waals surface area contributed by atoms with Crippen molar-refractivity contribution in [1.82, 2.24) is 5.32 Å². The van der Waals surface area contributed by atoms with E-state index in [0.29, 0.717) is 0 Å². The minimum atomic E-state index is 0.181. The predicted octanol–water partition coefficient (Wildman–Crippen LogP) is -1.36. The van der Waals surface area contributed by atoms with E-state index in [2.05, 4.69) is 17.0 Å². The third-order valence-electron chi connectivity index (χ3n) is 1.71. The van der Waals surface area contributed by atoms with Crippen LogP contribution in [0.1, 0.15) is 13.3 Å². The van der Waals surface area contributed by atoms with Crippen LogP contribution in [-0.4, -0.2) is 31.1 Å². The average Bonchev–Trinajstić information content (AvgIpc) is 2.47. The maximum atomic E-state index is 5.56. The molecule has 0 radical (unpaired) electrons. The number of nitrogens with two attached hydrogens (primary N) is 1. The highest BCUT2D eigenvalue weighted by Crippen LogP contribution is 2.21. The van der Waals surface area contributed by atoms with Gasteiger partial charge < -0.3 is 5.32 Å². The SMILES string of the molecule is C=NCC1(CC(C)=[NH2+])CN1. The van der Waals surface area contributed by atoms with Gasteiger partial charge in [-0.2, -0.15) is 0 Å². The van der Waals surface area contributed by atoms with E-state index >= 15 is 0 Å². The largest absolute Gasteiger partial charge is 0.306 e. The Balaban J connectivity index is 2.37. The molecular formula is C7H14N3+. The summed E-state index contributed by atoms with van der Waals surface area (Å²) in [6.45, 7) is 7.20. The van der Waals surface area contributed by atoms with Crippen molar-refractivity contribution >= 4 is 12.4 Å². The molecule has 1 fully saturated rings. The van der Waals surface area contributed by atoms with Crippen LogP contribution in [0.15, 0.2) is 4.99 Å². The van der Waals surface area contributed by atoms with Gasteiger partial charge in [-0.15, -0.1) is 0 Å². The van der Waals surface area contributed by atoms with Crippen molar-refractivity contribution in [2.45, 2.75) is 18.9 Å². The number of hydrogen-bond acceptors (Lipinski definition) is 2. The molecule has 0 aromatic heterocycles. The van der Waals surface area contributed by atoms with Gasteiger partial charge >= 0.3 is 0 Å². The number of hydrogen-bond donors (Lipinski definition) is 2. The van der Waals surface area contributed by atoms with Crippen LogP contribution >= 0.6 is 0 Å². The zero-order valence-corrected chi connectivity index (χ0v) is 6.35. The molecule has 1 atom stereocenters. The van der Waals surface area contributed by atoms with E-state index in [4.69, 9.17) is 5.41 Å². The van der Waals surface area contributed by atoms with Crippen LogP contribution in [0.2, 0.25) is 0 Å². The molecule has 0 aliphatic carbocycles. The Hall–Kier alpha value is -0.700. The van der Waals surface area contributed by atoms with Crippen LogP contribution in [0, 0.1) is 0 Å². The molecule has 0 amide bonds. The molecule has 1 heterocycles. The highest BCUT2D eigenvalue weighted by molar-refractivity contribution is 5.77. The normalized spacial score (nSPS) is 29.7. The summed E-state index contributed by atoms with van der Waals surface area (Å²) >= 11 is 0. The first-order valence-electron chi connectivity index (χ1n) is 3.44. The van der Waals surface area contributed by atoms with Gasteiger partial charge in [0.05, 0.1) is 12.1 Å². The molecule has 0 bridgehead atoms. The van der Waals surface area contributed by atoms with E-state index < -0.39 is 0 Å². The van der Waals surface area contributed by atoms with Crippen molar-refractivity contribution in [1.29, 1.82) is 0 Å². The first-order valence-corrected chi connectivity index (χ1v) is 3.44. The lowest BCUT2D eigenvalue weighted by molar-refractivity contribution is -0.117. The average molecular weight is 140 g/mol. The van der Waals surface area contributed by atoms with Crippen molar-refractivity contribution in [3.8, 4) is 0 Å². The molecule has 3 nitrogen and oxygen atoms in total. The second kappa shape index (κ2) is 2.50.